The minimum Gasteiger partial charge on any atom is -0.349 e. The van der Waals surface area contributed by atoms with E-state index in [4.69, 9.17) is 11.6 Å². The third kappa shape index (κ3) is 4.00. The molecule has 1 unspecified atom stereocenters. The van der Waals surface area contributed by atoms with Gasteiger partial charge in [0.15, 0.2) is 0 Å². The molecule has 1 atom stereocenters. The smallest absolute Gasteiger partial charge is 0.261 e. The van der Waals surface area contributed by atoms with E-state index in [-0.39, 0.29) is 17.5 Å². The molecule has 0 aliphatic carbocycles. The zero-order valence-corrected chi connectivity index (χ0v) is 16.4. The molecule has 1 aromatic carbocycles. The van der Waals surface area contributed by atoms with Crippen molar-refractivity contribution in [2.24, 2.45) is 4.99 Å². The third-order valence-electron chi connectivity index (χ3n) is 4.40. The first-order chi connectivity index (χ1) is 13.6. The second-order valence-electron chi connectivity index (χ2n) is 6.31. The Kier molecular flexibility index (Phi) is 5.27. The Balaban J connectivity index is 1.35. The van der Waals surface area contributed by atoms with Gasteiger partial charge in [-0.25, -0.2) is 0 Å². The molecule has 0 saturated heterocycles. The van der Waals surface area contributed by atoms with Gasteiger partial charge in [0.2, 0.25) is 0 Å². The van der Waals surface area contributed by atoms with E-state index in [9.17, 15) is 9.59 Å². The van der Waals surface area contributed by atoms with Gasteiger partial charge in [-0.2, -0.15) is 0 Å². The first-order valence-electron chi connectivity index (χ1n) is 8.72. The number of halogens is 1. The van der Waals surface area contributed by atoms with Gasteiger partial charge in [0.25, 0.3) is 11.5 Å². The lowest BCUT2D eigenvalue weighted by molar-refractivity contribution is 0.0956. The Labute approximate surface area is 170 Å². The summed E-state index contributed by atoms with van der Waals surface area (Å²) in [5.74, 6) is -0.136. The van der Waals surface area contributed by atoms with Gasteiger partial charge in [-0.1, -0.05) is 17.7 Å². The van der Waals surface area contributed by atoms with Crippen molar-refractivity contribution in [1.29, 1.82) is 0 Å². The highest BCUT2D eigenvalue weighted by molar-refractivity contribution is 7.17. The van der Waals surface area contributed by atoms with Crippen LogP contribution in [-0.2, 0) is 0 Å². The molecule has 3 aromatic rings. The maximum atomic E-state index is 12.1. The van der Waals surface area contributed by atoms with Gasteiger partial charge in [0.1, 0.15) is 0 Å². The van der Waals surface area contributed by atoms with Gasteiger partial charge < -0.3 is 10.2 Å². The largest absolute Gasteiger partial charge is 0.349 e. The van der Waals surface area contributed by atoms with Crippen molar-refractivity contribution in [2.45, 2.75) is 6.04 Å². The summed E-state index contributed by atoms with van der Waals surface area (Å²) in [6, 6.07) is 16.2. The molecule has 1 aliphatic heterocycles. The van der Waals surface area contributed by atoms with Crippen LogP contribution < -0.4 is 15.8 Å². The molecule has 0 bridgehead atoms. The highest BCUT2D eigenvalue weighted by Gasteiger charge is 2.20. The Morgan fingerprint density at radius 2 is 1.93 bits per heavy atom. The van der Waals surface area contributed by atoms with Crippen molar-refractivity contribution >= 4 is 40.9 Å². The van der Waals surface area contributed by atoms with Gasteiger partial charge in [-0.15, -0.1) is 11.3 Å². The summed E-state index contributed by atoms with van der Waals surface area (Å²) in [5.41, 5.74) is 1.72. The SMILES string of the molecule is O=C(NCC1CN(c2ccc(-n3ccccc3=O)cc2)C=N1)c1ccc(Cl)s1. The molecule has 1 aliphatic rings. The highest BCUT2D eigenvalue weighted by atomic mass is 35.5. The number of carbonyl (C=O) groups is 1. The molecular weight excluding hydrogens is 396 g/mol. The van der Waals surface area contributed by atoms with E-state index in [0.29, 0.717) is 22.3 Å². The highest BCUT2D eigenvalue weighted by Crippen LogP contribution is 2.22. The molecule has 1 amide bonds. The number of hydrogen-bond donors (Lipinski definition) is 1. The van der Waals surface area contributed by atoms with E-state index < -0.39 is 0 Å². The van der Waals surface area contributed by atoms with Crippen LogP contribution in [0.1, 0.15) is 9.67 Å². The summed E-state index contributed by atoms with van der Waals surface area (Å²) < 4.78 is 2.19. The molecule has 0 fully saturated rings. The van der Waals surface area contributed by atoms with E-state index in [0.717, 1.165) is 11.4 Å². The van der Waals surface area contributed by atoms with Crippen molar-refractivity contribution in [2.75, 3.05) is 18.0 Å². The average Bonchev–Trinajstić information content (AvgIpc) is 3.36. The summed E-state index contributed by atoms with van der Waals surface area (Å²) in [4.78, 5) is 31.1. The van der Waals surface area contributed by atoms with Crippen LogP contribution in [0, 0.1) is 0 Å². The number of nitrogens with zero attached hydrogens (tertiary/aromatic N) is 3. The predicted molar refractivity (Wildman–Crippen MR) is 113 cm³/mol. The van der Waals surface area contributed by atoms with Crippen molar-refractivity contribution < 1.29 is 4.79 Å². The van der Waals surface area contributed by atoms with Gasteiger partial charge in [-0.3, -0.25) is 19.1 Å². The van der Waals surface area contributed by atoms with Crippen LogP contribution >= 0.6 is 22.9 Å². The molecule has 28 heavy (non-hydrogen) atoms. The van der Waals surface area contributed by atoms with Gasteiger partial charge >= 0.3 is 0 Å². The molecule has 3 heterocycles. The third-order valence-corrected chi connectivity index (χ3v) is 5.63. The Morgan fingerprint density at radius 1 is 1.14 bits per heavy atom. The molecule has 2 aromatic heterocycles. The minimum absolute atomic E-state index is 0.0178. The molecule has 6 nitrogen and oxygen atoms in total. The molecular formula is C20H17ClN4O2S. The Bertz CT molecular complexity index is 1070. The van der Waals surface area contributed by atoms with Crippen LogP contribution in [0.2, 0.25) is 4.34 Å². The van der Waals surface area contributed by atoms with Crippen LogP contribution in [0.15, 0.2) is 70.6 Å². The lowest BCUT2D eigenvalue weighted by Crippen LogP contribution is -2.34. The number of hydrogen-bond acceptors (Lipinski definition) is 5. The van der Waals surface area contributed by atoms with E-state index in [2.05, 4.69) is 10.3 Å². The lowest BCUT2D eigenvalue weighted by Gasteiger charge is -2.17. The summed E-state index contributed by atoms with van der Waals surface area (Å²) in [6.45, 7) is 1.13. The van der Waals surface area contributed by atoms with Crippen molar-refractivity contribution in [3.05, 3.63) is 80.4 Å². The molecule has 0 spiro atoms. The summed E-state index contributed by atoms with van der Waals surface area (Å²) in [5, 5.41) is 2.90. The molecule has 142 valence electrons. The van der Waals surface area contributed by atoms with Gasteiger partial charge in [-0.05, 0) is 42.5 Å². The molecule has 4 rings (SSSR count). The predicted octanol–water partition coefficient (Wildman–Crippen LogP) is 3.20. The van der Waals surface area contributed by atoms with Crippen LogP contribution in [0.3, 0.4) is 0 Å². The van der Waals surface area contributed by atoms with Crippen LogP contribution in [-0.4, -0.2) is 35.9 Å². The monoisotopic (exact) mass is 412 g/mol. The number of carbonyl (C=O) groups excluding carboxylic acids is 1. The second-order valence-corrected chi connectivity index (χ2v) is 8.02. The van der Waals surface area contributed by atoms with Gasteiger partial charge in [0.05, 0.1) is 21.6 Å². The molecule has 0 radical (unpaired) electrons. The van der Waals surface area contributed by atoms with Crippen LogP contribution in [0.4, 0.5) is 5.69 Å². The van der Waals surface area contributed by atoms with E-state index in [1.54, 1.807) is 35.3 Å². The summed E-state index contributed by atoms with van der Waals surface area (Å²) in [7, 11) is 0. The summed E-state index contributed by atoms with van der Waals surface area (Å²) in [6.07, 6.45) is 3.52. The van der Waals surface area contributed by atoms with Crippen molar-refractivity contribution in [3.8, 4) is 5.69 Å². The van der Waals surface area contributed by atoms with Crippen LogP contribution in [0.25, 0.3) is 5.69 Å². The zero-order valence-electron chi connectivity index (χ0n) is 14.8. The fraction of sp³-hybridized carbons (Fsp3) is 0.150. The Morgan fingerprint density at radius 3 is 2.64 bits per heavy atom. The first kappa shape index (κ1) is 18.5. The number of aromatic nitrogens is 1. The molecule has 0 saturated carbocycles. The maximum Gasteiger partial charge on any atom is 0.261 e. The maximum absolute atomic E-state index is 12.1. The molecule has 8 heteroatoms. The number of nitrogens with one attached hydrogen (secondary N) is 1. The quantitative estimate of drug-likeness (QED) is 0.699. The number of rotatable bonds is 5. The fourth-order valence-corrected chi connectivity index (χ4v) is 3.92. The topological polar surface area (TPSA) is 66.7 Å². The normalized spacial score (nSPS) is 15.8. The number of amides is 1. The molecule has 1 N–H and O–H groups in total. The fourth-order valence-electron chi connectivity index (χ4n) is 2.96. The number of aliphatic imine (C=N–C) groups is 1. The zero-order chi connectivity index (χ0) is 19.5. The second kappa shape index (κ2) is 8.00. The standard InChI is InChI=1S/C20H17ClN4O2S/c21-18-9-8-17(28-18)20(27)22-11-14-12-24(13-23-14)15-4-6-16(7-5-15)25-10-2-1-3-19(25)26/h1-10,13-14H,11-12H2,(H,22,27). The summed E-state index contributed by atoms with van der Waals surface area (Å²) >= 11 is 7.12. The van der Waals surface area contributed by atoms with E-state index in [1.807, 2.05) is 35.2 Å². The number of pyridine rings is 1. The lowest BCUT2D eigenvalue weighted by atomic mass is 10.2. The minimum atomic E-state index is -0.136. The number of benzene rings is 1. The van der Waals surface area contributed by atoms with Gasteiger partial charge in [0, 0.05) is 36.7 Å². The van der Waals surface area contributed by atoms with Crippen LogP contribution in [0.5, 0.6) is 0 Å². The Hall–Kier alpha value is -2.90. The van der Waals surface area contributed by atoms with E-state index >= 15 is 0 Å². The van der Waals surface area contributed by atoms with Crippen molar-refractivity contribution in [1.82, 2.24) is 9.88 Å². The van der Waals surface area contributed by atoms with Crippen molar-refractivity contribution in [3.63, 3.8) is 0 Å². The first-order valence-corrected chi connectivity index (χ1v) is 9.91. The van der Waals surface area contributed by atoms with E-state index in [1.165, 1.54) is 17.4 Å². The number of anilines is 1. The average molecular weight is 413 g/mol. The number of thiophene rings is 1.